The van der Waals surface area contributed by atoms with Gasteiger partial charge in [-0.3, -0.25) is 13.9 Å². The van der Waals surface area contributed by atoms with E-state index in [1.54, 1.807) is 35.4 Å². The zero-order valence-corrected chi connectivity index (χ0v) is 12.3. The lowest BCUT2D eigenvalue weighted by Gasteiger charge is -2.03. The molecule has 0 aliphatic rings. The molecule has 0 unspecified atom stereocenters. The summed E-state index contributed by atoms with van der Waals surface area (Å²) in [5, 5.41) is 0. The molecule has 0 saturated carbocycles. The summed E-state index contributed by atoms with van der Waals surface area (Å²) < 4.78 is 3.14. The van der Waals surface area contributed by atoms with Crippen molar-refractivity contribution >= 4 is 16.8 Å². The molecule has 1 aromatic heterocycles. The number of benzene rings is 2. The van der Waals surface area contributed by atoms with Crippen molar-refractivity contribution in [1.82, 2.24) is 9.13 Å². The zero-order valence-electron chi connectivity index (χ0n) is 12.3. The Morgan fingerprint density at radius 3 is 2.10 bits per heavy atom. The van der Waals surface area contributed by atoms with Gasteiger partial charge in [0.1, 0.15) is 0 Å². The summed E-state index contributed by atoms with van der Waals surface area (Å²) in [6.45, 7) is 1.99. The number of hydrogen-bond acceptors (Lipinski definition) is 2. The first-order valence-electron chi connectivity index (χ1n) is 6.76. The van der Waals surface area contributed by atoms with Crippen LogP contribution in [0.2, 0.25) is 0 Å². The van der Waals surface area contributed by atoms with Crippen molar-refractivity contribution in [2.75, 3.05) is 0 Å². The molecule has 0 amide bonds. The van der Waals surface area contributed by atoms with Gasteiger partial charge in [0.15, 0.2) is 5.78 Å². The van der Waals surface area contributed by atoms with E-state index in [0.717, 1.165) is 16.6 Å². The van der Waals surface area contributed by atoms with E-state index in [1.165, 1.54) is 0 Å². The second-order valence-electron chi connectivity index (χ2n) is 5.30. The van der Waals surface area contributed by atoms with Crippen molar-refractivity contribution in [1.29, 1.82) is 0 Å². The summed E-state index contributed by atoms with van der Waals surface area (Å²) in [6.07, 6.45) is 0. The van der Waals surface area contributed by atoms with E-state index in [-0.39, 0.29) is 11.5 Å². The molecule has 106 valence electrons. The molecule has 0 fully saturated rings. The maximum absolute atomic E-state index is 12.5. The molecular weight excluding hydrogens is 264 g/mol. The lowest BCUT2D eigenvalue weighted by Crippen LogP contribution is -2.19. The fraction of sp³-hybridized carbons (Fsp3) is 0.176. The Hall–Kier alpha value is -2.62. The van der Waals surface area contributed by atoms with Crippen LogP contribution in [0.3, 0.4) is 0 Å². The van der Waals surface area contributed by atoms with Crippen LogP contribution in [0.4, 0.5) is 0 Å². The molecule has 0 atom stereocenters. The topological polar surface area (TPSA) is 44.0 Å². The van der Waals surface area contributed by atoms with E-state index in [4.69, 9.17) is 0 Å². The van der Waals surface area contributed by atoms with E-state index in [1.807, 2.05) is 37.3 Å². The molecule has 0 saturated heterocycles. The monoisotopic (exact) mass is 280 g/mol. The number of hydrogen-bond donors (Lipinski definition) is 0. The summed E-state index contributed by atoms with van der Waals surface area (Å²) >= 11 is 0. The lowest BCUT2D eigenvalue weighted by molar-refractivity contribution is 0.103. The predicted molar refractivity (Wildman–Crippen MR) is 82.8 cm³/mol. The van der Waals surface area contributed by atoms with Crippen molar-refractivity contribution in [3.05, 3.63) is 69.6 Å². The fourth-order valence-corrected chi connectivity index (χ4v) is 2.52. The molecule has 0 bridgehead atoms. The van der Waals surface area contributed by atoms with Crippen LogP contribution in [0.1, 0.15) is 21.5 Å². The molecule has 3 rings (SSSR count). The molecule has 0 N–H and O–H groups in total. The second-order valence-corrected chi connectivity index (χ2v) is 5.30. The lowest BCUT2D eigenvalue weighted by atomic mass is 10.0. The van der Waals surface area contributed by atoms with E-state index in [9.17, 15) is 9.59 Å². The van der Waals surface area contributed by atoms with Crippen molar-refractivity contribution in [2.24, 2.45) is 14.1 Å². The summed E-state index contributed by atoms with van der Waals surface area (Å²) in [6, 6.07) is 12.9. The minimum atomic E-state index is -0.0927. The van der Waals surface area contributed by atoms with Gasteiger partial charge in [0, 0.05) is 25.2 Å². The number of rotatable bonds is 2. The number of ketones is 1. The van der Waals surface area contributed by atoms with Crippen molar-refractivity contribution < 1.29 is 4.79 Å². The number of imidazole rings is 1. The first-order chi connectivity index (χ1) is 9.99. The van der Waals surface area contributed by atoms with E-state index in [2.05, 4.69) is 0 Å². The predicted octanol–water partition coefficient (Wildman–Crippen LogP) is 2.42. The Kier molecular flexibility index (Phi) is 3.01. The van der Waals surface area contributed by atoms with Crippen LogP contribution < -0.4 is 5.69 Å². The molecule has 0 aliphatic carbocycles. The fourth-order valence-electron chi connectivity index (χ4n) is 2.52. The molecule has 21 heavy (non-hydrogen) atoms. The van der Waals surface area contributed by atoms with Crippen LogP contribution in [0, 0.1) is 6.92 Å². The van der Waals surface area contributed by atoms with Gasteiger partial charge >= 0.3 is 5.69 Å². The zero-order chi connectivity index (χ0) is 15.1. The van der Waals surface area contributed by atoms with Crippen molar-refractivity contribution in [3.63, 3.8) is 0 Å². The Labute approximate surface area is 122 Å². The number of aryl methyl sites for hydroxylation is 3. The van der Waals surface area contributed by atoms with Gasteiger partial charge < -0.3 is 0 Å². The molecule has 2 aromatic carbocycles. The van der Waals surface area contributed by atoms with E-state index < -0.39 is 0 Å². The van der Waals surface area contributed by atoms with Crippen molar-refractivity contribution in [2.45, 2.75) is 6.92 Å². The number of carbonyl (C=O) groups excluding carboxylic acids is 1. The molecule has 0 radical (unpaired) electrons. The van der Waals surface area contributed by atoms with Gasteiger partial charge in [-0.05, 0) is 25.1 Å². The Morgan fingerprint density at radius 2 is 1.43 bits per heavy atom. The van der Waals surface area contributed by atoms with Crippen LogP contribution in [0.15, 0.2) is 47.3 Å². The quantitative estimate of drug-likeness (QED) is 0.677. The number of nitrogens with zero attached hydrogens (tertiary/aromatic N) is 2. The number of carbonyl (C=O) groups is 1. The molecule has 3 aromatic rings. The molecule has 4 nitrogen and oxygen atoms in total. The minimum Gasteiger partial charge on any atom is -0.295 e. The molecule has 0 aliphatic heterocycles. The Bertz CT molecular complexity index is 899. The maximum Gasteiger partial charge on any atom is 0.328 e. The second kappa shape index (κ2) is 4.74. The molecule has 1 heterocycles. The SMILES string of the molecule is Cc1ccc(C(=O)c2ccc3c(c2)n(C)c(=O)n3C)cc1. The van der Waals surface area contributed by atoms with E-state index in [0.29, 0.717) is 11.1 Å². The van der Waals surface area contributed by atoms with Crippen molar-refractivity contribution in [3.8, 4) is 0 Å². The van der Waals surface area contributed by atoms with Gasteiger partial charge in [-0.25, -0.2) is 4.79 Å². The normalized spacial score (nSPS) is 11.0. The number of fused-ring (bicyclic) bond motifs is 1. The van der Waals surface area contributed by atoms with Crippen LogP contribution in [0.5, 0.6) is 0 Å². The smallest absolute Gasteiger partial charge is 0.295 e. The largest absolute Gasteiger partial charge is 0.328 e. The van der Waals surface area contributed by atoms with Crippen LogP contribution >= 0.6 is 0 Å². The highest BCUT2D eigenvalue weighted by Gasteiger charge is 2.13. The maximum atomic E-state index is 12.5. The summed E-state index contributed by atoms with van der Waals surface area (Å²) in [4.78, 5) is 24.4. The molecular formula is C17H16N2O2. The molecule has 0 spiro atoms. The first-order valence-corrected chi connectivity index (χ1v) is 6.76. The van der Waals surface area contributed by atoms with Crippen LogP contribution in [-0.2, 0) is 14.1 Å². The Morgan fingerprint density at radius 1 is 0.857 bits per heavy atom. The highest BCUT2D eigenvalue weighted by atomic mass is 16.1. The third-order valence-electron chi connectivity index (χ3n) is 3.85. The standard InChI is InChI=1S/C17H16N2O2/c1-11-4-6-12(7-5-11)16(20)13-8-9-14-15(10-13)19(3)17(21)18(14)2/h4-10H,1-3H3. The van der Waals surface area contributed by atoms with Gasteiger partial charge in [-0.1, -0.05) is 29.8 Å². The van der Waals surface area contributed by atoms with Gasteiger partial charge in [-0.15, -0.1) is 0 Å². The Balaban J connectivity index is 2.13. The van der Waals surface area contributed by atoms with E-state index >= 15 is 0 Å². The average Bonchev–Trinajstić information content (AvgIpc) is 2.72. The third kappa shape index (κ3) is 2.09. The average molecular weight is 280 g/mol. The minimum absolute atomic E-state index is 0.0341. The third-order valence-corrected chi connectivity index (χ3v) is 3.85. The van der Waals surface area contributed by atoms with Crippen LogP contribution in [0.25, 0.3) is 11.0 Å². The summed E-state index contributed by atoms with van der Waals surface area (Å²) in [5.41, 5.74) is 3.86. The van der Waals surface area contributed by atoms with Gasteiger partial charge in [0.05, 0.1) is 11.0 Å². The first kappa shape index (κ1) is 13.4. The van der Waals surface area contributed by atoms with Gasteiger partial charge in [-0.2, -0.15) is 0 Å². The van der Waals surface area contributed by atoms with Crippen LogP contribution in [-0.4, -0.2) is 14.9 Å². The summed E-state index contributed by atoms with van der Waals surface area (Å²) in [7, 11) is 3.44. The van der Waals surface area contributed by atoms with Gasteiger partial charge in [0.25, 0.3) is 0 Å². The number of aromatic nitrogens is 2. The highest BCUT2D eigenvalue weighted by Crippen LogP contribution is 2.17. The van der Waals surface area contributed by atoms with Gasteiger partial charge in [0.2, 0.25) is 0 Å². The highest BCUT2D eigenvalue weighted by molar-refractivity contribution is 6.10. The molecule has 4 heteroatoms. The summed E-state index contributed by atoms with van der Waals surface area (Å²) in [5.74, 6) is -0.0341.